The van der Waals surface area contributed by atoms with Gasteiger partial charge < -0.3 is 0 Å². The van der Waals surface area contributed by atoms with Crippen molar-refractivity contribution in [2.45, 2.75) is 0 Å². The first-order valence-corrected chi connectivity index (χ1v) is 2.26. The summed E-state index contributed by atoms with van der Waals surface area (Å²) >= 11 is 0. The van der Waals surface area contributed by atoms with Crippen molar-refractivity contribution in [1.82, 2.24) is 4.98 Å². The van der Waals surface area contributed by atoms with Gasteiger partial charge in [-0.1, -0.05) is 0 Å². The quantitative estimate of drug-likeness (QED) is 0.352. The molecule has 1 heterocycles. The molecule has 0 aromatic carbocycles. The summed E-state index contributed by atoms with van der Waals surface area (Å²) in [6.45, 7) is 0. The van der Waals surface area contributed by atoms with E-state index in [1.165, 1.54) is 0 Å². The van der Waals surface area contributed by atoms with Crippen molar-refractivity contribution in [2.24, 2.45) is 0 Å². The Bertz CT molecular complexity index is 195. The third-order valence-electron chi connectivity index (χ3n) is 0.825. The number of hydrogen-bond acceptors (Lipinski definition) is 1. The molecule has 1 rings (SSSR count). The van der Waals surface area contributed by atoms with Gasteiger partial charge in [0, 0.05) is 0 Å². The third kappa shape index (κ3) is 0.955. The zero-order valence-corrected chi connectivity index (χ0v) is 4.26. The average Bonchev–Trinajstić information content (AvgIpc) is 1.90. The van der Waals surface area contributed by atoms with Gasteiger partial charge >= 0.3 is 47.4 Å². The molecule has 0 saturated heterocycles. The second-order valence-corrected chi connectivity index (χ2v) is 1.36. The van der Waals surface area contributed by atoms with E-state index in [2.05, 4.69) is 10.9 Å². The molecular weight excluding hydrogens is 98.1 g/mol. The molecule has 0 aliphatic carbocycles. The maximum absolute atomic E-state index is 6.67. The fourth-order valence-electron chi connectivity index (χ4n) is 0.435. The summed E-state index contributed by atoms with van der Waals surface area (Å²) in [5.41, 5.74) is 0.764. The molecule has 1 aromatic rings. The minimum absolute atomic E-state index is 0.764. The molecule has 0 aliphatic heterocycles. The molecule has 0 unspecified atom stereocenters. The molecule has 0 aliphatic rings. The van der Waals surface area contributed by atoms with Crippen molar-refractivity contribution in [3.63, 3.8) is 0 Å². The van der Waals surface area contributed by atoms with E-state index in [0.717, 1.165) is 5.56 Å². The van der Waals surface area contributed by atoms with Crippen molar-refractivity contribution in [1.29, 1.82) is 0 Å². The molecule has 0 radical (unpaired) electrons. The van der Waals surface area contributed by atoms with Crippen LogP contribution in [-0.2, 0) is 0 Å². The maximum atomic E-state index is 6.67. The van der Waals surface area contributed by atoms with Crippen molar-refractivity contribution in [2.75, 3.05) is 0 Å². The number of rotatable bonds is 0. The van der Waals surface area contributed by atoms with Crippen LogP contribution in [0.5, 0.6) is 0 Å². The SMILES string of the molecule is [C+]#Cc1ccncc1. The summed E-state index contributed by atoms with van der Waals surface area (Å²) in [7, 11) is 0. The van der Waals surface area contributed by atoms with E-state index < -0.39 is 0 Å². The molecule has 8 heavy (non-hydrogen) atoms. The van der Waals surface area contributed by atoms with Crippen LogP contribution in [0.4, 0.5) is 0 Å². The number of nitrogens with zero attached hydrogens (tertiary/aromatic N) is 1. The molecule has 0 bridgehead atoms. The van der Waals surface area contributed by atoms with Gasteiger partial charge in [0.05, 0.1) is 0 Å². The van der Waals surface area contributed by atoms with Gasteiger partial charge in [0.25, 0.3) is 0 Å². The second-order valence-electron chi connectivity index (χ2n) is 1.36. The van der Waals surface area contributed by atoms with Crippen molar-refractivity contribution in [3.05, 3.63) is 36.5 Å². The Morgan fingerprint density at radius 2 is 2.00 bits per heavy atom. The van der Waals surface area contributed by atoms with E-state index in [1.54, 1.807) is 24.5 Å². The summed E-state index contributed by atoms with van der Waals surface area (Å²) < 4.78 is 0. The Hall–Kier alpha value is -1.07. The summed E-state index contributed by atoms with van der Waals surface area (Å²) in [6, 6.07) is 3.46. The molecule has 0 fully saturated rings. The van der Waals surface area contributed by atoms with Gasteiger partial charge in [-0.15, -0.1) is 0 Å². The van der Waals surface area contributed by atoms with Crippen molar-refractivity contribution in [3.8, 4) is 5.92 Å². The number of aromatic nitrogens is 1. The monoisotopic (exact) mass is 102 g/mol. The fraction of sp³-hybridized carbons (Fsp3) is 0. The zero-order chi connectivity index (χ0) is 5.82. The van der Waals surface area contributed by atoms with Gasteiger partial charge in [-0.3, -0.25) is 0 Å². The Kier molecular flexibility index (Phi) is 1.45. The molecule has 0 saturated carbocycles. The molecule has 0 N–H and O–H groups in total. The van der Waals surface area contributed by atoms with Crippen LogP contribution in [0.15, 0.2) is 24.5 Å². The van der Waals surface area contributed by atoms with Gasteiger partial charge in [0.2, 0.25) is 0 Å². The molecular formula is C7H4N+. The van der Waals surface area contributed by atoms with Crippen LogP contribution in [0, 0.1) is 12.3 Å². The average molecular weight is 102 g/mol. The molecule has 0 atom stereocenters. The van der Waals surface area contributed by atoms with Crippen molar-refractivity contribution < 1.29 is 0 Å². The first-order valence-electron chi connectivity index (χ1n) is 2.26. The van der Waals surface area contributed by atoms with Crippen LogP contribution < -0.4 is 0 Å². The van der Waals surface area contributed by atoms with E-state index >= 15 is 0 Å². The molecule has 1 heteroatoms. The third-order valence-corrected chi connectivity index (χ3v) is 0.825. The van der Waals surface area contributed by atoms with E-state index in [9.17, 15) is 0 Å². The van der Waals surface area contributed by atoms with Gasteiger partial charge in [-0.25, -0.2) is 0 Å². The van der Waals surface area contributed by atoms with Crippen LogP contribution in [0.1, 0.15) is 5.56 Å². The number of pyridine rings is 1. The number of hydrogen-bond donors (Lipinski definition) is 0. The molecule has 0 amide bonds. The molecule has 1 aromatic heterocycles. The van der Waals surface area contributed by atoms with E-state index in [-0.39, 0.29) is 0 Å². The summed E-state index contributed by atoms with van der Waals surface area (Å²) in [5.74, 6) is 2.24. The van der Waals surface area contributed by atoms with Gasteiger partial charge in [-0.05, 0) is 0 Å². The Labute approximate surface area is 48.4 Å². The Morgan fingerprint density at radius 1 is 1.38 bits per heavy atom. The Morgan fingerprint density at radius 3 is 2.38 bits per heavy atom. The van der Waals surface area contributed by atoms with Crippen LogP contribution in [0.2, 0.25) is 0 Å². The molecule has 0 spiro atoms. The van der Waals surface area contributed by atoms with E-state index in [4.69, 9.17) is 6.42 Å². The van der Waals surface area contributed by atoms with Crippen molar-refractivity contribution >= 4 is 0 Å². The summed E-state index contributed by atoms with van der Waals surface area (Å²) in [6.07, 6.45) is 9.94. The van der Waals surface area contributed by atoms with Crippen LogP contribution >= 0.6 is 0 Å². The predicted molar refractivity (Wildman–Crippen MR) is 30.5 cm³/mol. The topological polar surface area (TPSA) is 12.9 Å². The standard InChI is InChI=1S/C7H4N/c1-2-7-3-5-8-6-4-7/h3-6H/q+1. The zero-order valence-electron chi connectivity index (χ0n) is 4.26. The van der Waals surface area contributed by atoms with Gasteiger partial charge in [-0.2, -0.15) is 0 Å². The van der Waals surface area contributed by atoms with E-state index in [1.807, 2.05) is 0 Å². The summed E-state index contributed by atoms with van der Waals surface area (Å²) in [5, 5.41) is 0. The molecule has 36 valence electrons. The summed E-state index contributed by atoms with van der Waals surface area (Å²) in [4.78, 5) is 3.77. The Balaban J connectivity index is 3.05. The van der Waals surface area contributed by atoms with Crippen LogP contribution in [0.3, 0.4) is 0 Å². The normalized spacial score (nSPS) is 8.25. The fourth-order valence-corrected chi connectivity index (χ4v) is 0.435. The second kappa shape index (κ2) is 2.29. The first-order chi connectivity index (χ1) is 3.93. The van der Waals surface area contributed by atoms with Gasteiger partial charge in [0.1, 0.15) is 0 Å². The van der Waals surface area contributed by atoms with Crippen LogP contribution in [-0.4, -0.2) is 4.98 Å². The van der Waals surface area contributed by atoms with Crippen LogP contribution in [0.25, 0.3) is 0 Å². The minimum atomic E-state index is 0.764. The first kappa shape index (κ1) is 5.07. The molecule has 1 nitrogen and oxygen atoms in total. The van der Waals surface area contributed by atoms with E-state index in [0.29, 0.717) is 0 Å². The predicted octanol–water partition coefficient (Wildman–Crippen LogP) is 1.02. The van der Waals surface area contributed by atoms with Gasteiger partial charge in [0.15, 0.2) is 0 Å².